The van der Waals surface area contributed by atoms with E-state index in [0.29, 0.717) is 6.54 Å². The highest BCUT2D eigenvalue weighted by Crippen LogP contribution is 2.34. The van der Waals surface area contributed by atoms with Crippen LogP contribution in [0.1, 0.15) is 46.6 Å². The van der Waals surface area contributed by atoms with Gasteiger partial charge in [-0.25, -0.2) is 0 Å². The van der Waals surface area contributed by atoms with E-state index in [2.05, 4.69) is 26.1 Å². The van der Waals surface area contributed by atoms with Gasteiger partial charge in [-0.15, -0.1) is 0 Å². The van der Waals surface area contributed by atoms with Crippen molar-refractivity contribution in [1.29, 1.82) is 0 Å². The first-order chi connectivity index (χ1) is 11.7. The highest BCUT2D eigenvalue weighted by Gasteiger charge is 2.20. The van der Waals surface area contributed by atoms with Gasteiger partial charge >= 0.3 is 0 Å². The molecule has 1 rings (SSSR count). The number of rotatable bonds is 11. The maximum Gasteiger partial charge on any atom is 0.123 e. The average molecular weight is 354 g/mol. The van der Waals surface area contributed by atoms with Crippen LogP contribution in [-0.4, -0.2) is 50.7 Å². The van der Waals surface area contributed by atoms with Crippen molar-refractivity contribution < 1.29 is 19.3 Å². The van der Waals surface area contributed by atoms with Crippen molar-refractivity contribution in [3.63, 3.8) is 0 Å². The highest BCUT2D eigenvalue weighted by molar-refractivity contribution is 5.44. The number of aliphatic hydroxyl groups is 1. The summed E-state index contributed by atoms with van der Waals surface area (Å²) in [6, 6.07) is 5.78. The Hall–Kier alpha value is -1.30. The Kier molecular flexibility index (Phi) is 9.25. The van der Waals surface area contributed by atoms with E-state index >= 15 is 0 Å². The zero-order valence-electron chi connectivity index (χ0n) is 16.6. The van der Waals surface area contributed by atoms with E-state index in [4.69, 9.17) is 14.2 Å². The van der Waals surface area contributed by atoms with Crippen LogP contribution >= 0.6 is 0 Å². The molecule has 0 fully saturated rings. The Balaban J connectivity index is 2.41. The van der Waals surface area contributed by atoms with Gasteiger partial charge in [-0.2, -0.15) is 0 Å². The van der Waals surface area contributed by atoms with E-state index in [1.165, 1.54) is 0 Å². The van der Waals surface area contributed by atoms with Crippen molar-refractivity contribution in [3.05, 3.63) is 23.8 Å². The summed E-state index contributed by atoms with van der Waals surface area (Å²) in [7, 11) is 1.66. The van der Waals surface area contributed by atoms with Crippen LogP contribution in [0.3, 0.4) is 0 Å². The first-order valence-electron chi connectivity index (χ1n) is 9.05. The molecule has 1 aromatic carbocycles. The summed E-state index contributed by atoms with van der Waals surface area (Å²) in [6.45, 7) is 12.8. The van der Waals surface area contributed by atoms with Crippen LogP contribution in [0.5, 0.6) is 11.5 Å². The molecule has 0 amide bonds. The lowest BCUT2D eigenvalue weighted by molar-refractivity contribution is 0.0748. The number of methoxy groups -OCH3 is 1. The Morgan fingerprint density at radius 3 is 2.52 bits per heavy atom. The fourth-order valence-electron chi connectivity index (χ4n) is 2.38. The Labute approximate surface area is 152 Å². The Bertz CT molecular complexity index is 497. The number of hydrogen-bond donors (Lipinski definition) is 2. The second kappa shape index (κ2) is 10.6. The monoisotopic (exact) mass is 353 g/mol. The quantitative estimate of drug-likeness (QED) is 0.599. The fraction of sp³-hybridized carbons (Fsp3) is 0.700. The summed E-state index contributed by atoms with van der Waals surface area (Å²) in [4.78, 5) is 0. The van der Waals surface area contributed by atoms with Gasteiger partial charge < -0.3 is 24.6 Å². The van der Waals surface area contributed by atoms with E-state index < -0.39 is 6.10 Å². The van der Waals surface area contributed by atoms with E-state index in [1.54, 1.807) is 7.11 Å². The molecule has 0 heterocycles. The molecule has 0 aliphatic rings. The Morgan fingerprint density at radius 2 is 1.92 bits per heavy atom. The van der Waals surface area contributed by atoms with Crippen LogP contribution in [0.25, 0.3) is 0 Å². The minimum absolute atomic E-state index is 0.0660. The lowest BCUT2D eigenvalue weighted by Gasteiger charge is -2.24. The van der Waals surface area contributed by atoms with Gasteiger partial charge in [-0.05, 0) is 50.4 Å². The molecule has 0 saturated carbocycles. The van der Waals surface area contributed by atoms with Gasteiger partial charge in [-0.1, -0.05) is 20.8 Å². The van der Waals surface area contributed by atoms with E-state index in [1.807, 2.05) is 32.0 Å². The van der Waals surface area contributed by atoms with Crippen LogP contribution in [0.15, 0.2) is 18.2 Å². The summed E-state index contributed by atoms with van der Waals surface area (Å²) in [6.07, 6.45) is 0.639. The fourth-order valence-corrected chi connectivity index (χ4v) is 2.38. The van der Waals surface area contributed by atoms with Crippen LogP contribution in [0, 0.1) is 0 Å². The van der Waals surface area contributed by atoms with Gasteiger partial charge in [0.25, 0.3) is 0 Å². The zero-order valence-corrected chi connectivity index (χ0v) is 16.6. The second-order valence-corrected chi connectivity index (χ2v) is 7.55. The second-order valence-electron chi connectivity index (χ2n) is 7.55. The first-order valence-corrected chi connectivity index (χ1v) is 9.05. The number of aliphatic hydroxyl groups excluding tert-OH is 1. The molecule has 5 heteroatoms. The van der Waals surface area contributed by atoms with Crippen molar-refractivity contribution in [2.75, 3.05) is 33.4 Å². The third-order valence-corrected chi connectivity index (χ3v) is 3.76. The molecule has 1 atom stereocenters. The first kappa shape index (κ1) is 21.7. The lowest BCUT2D eigenvalue weighted by Crippen LogP contribution is -2.32. The largest absolute Gasteiger partial charge is 0.497 e. The maximum atomic E-state index is 10.1. The summed E-state index contributed by atoms with van der Waals surface area (Å²) < 4.78 is 16.7. The highest BCUT2D eigenvalue weighted by atomic mass is 16.5. The standard InChI is InChI=1S/C20H35NO4/c1-15(2)24-11-7-10-21-13-16(22)14-25-19-9-8-17(23-6)12-18(19)20(3,4)5/h8-9,12,15-16,21-22H,7,10-11,13-14H2,1-6H3/t16-/m0/s1. The van der Waals surface area contributed by atoms with Crippen molar-refractivity contribution in [3.8, 4) is 11.5 Å². The SMILES string of the molecule is COc1ccc(OC[C@@H](O)CNCCCOC(C)C)c(C(C)(C)C)c1. The van der Waals surface area contributed by atoms with Gasteiger partial charge in [-0.3, -0.25) is 0 Å². The molecule has 0 spiro atoms. The molecular formula is C20H35NO4. The minimum atomic E-state index is -0.555. The summed E-state index contributed by atoms with van der Waals surface area (Å²) in [5, 5.41) is 13.3. The third kappa shape index (κ3) is 8.56. The topological polar surface area (TPSA) is 60.0 Å². The normalized spacial score (nSPS) is 13.1. The predicted octanol–water partition coefficient (Wildman–Crippen LogP) is 3.14. The van der Waals surface area contributed by atoms with Gasteiger partial charge in [0.1, 0.15) is 24.2 Å². The number of ether oxygens (including phenoxy) is 3. The molecule has 0 bridgehead atoms. The molecular weight excluding hydrogens is 318 g/mol. The van der Waals surface area contributed by atoms with Crippen LogP contribution < -0.4 is 14.8 Å². The molecule has 144 valence electrons. The molecule has 0 unspecified atom stereocenters. The van der Waals surface area contributed by atoms with Gasteiger partial charge in [0.15, 0.2) is 0 Å². The number of benzene rings is 1. The van der Waals surface area contributed by atoms with Gasteiger partial charge in [0, 0.05) is 18.7 Å². The molecule has 0 radical (unpaired) electrons. The molecule has 0 saturated heterocycles. The van der Waals surface area contributed by atoms with Crippen molar-refractivity contribution >= 4 is 0 Å². The van der Waals surface area contributed by atoms with Crippen LogP contribution in [0.2, 0.25) is 0 Å². The predicted molar refractivity (Wildman–Crippen MR) is 102 cm³/mol. The third-order valence-electron chi connectivity index (χ3n) is 3.76. The van der Waals surface area contributed by atoms with Crippen LogP contribution in [-0.2, 0) is 10.2 Å². The molecule has 1 aromatic rings. The van der Waals surface area contributed by atoms with Crippen molar-refractivity contribution in [2.24, 2.45) is 0 Å². The molecule has 0 aromatic heterocycles. The number of hydrogen-bond acceptors (Lipinski definition) is 5. The molecule has 0 aliphatic carbocycles. The summed E-state index contributed by atoms with van der Waals surface area (Å²) in [5.74, 6) is 1.60. The van der Waals surface area contributed by atoms with E-state index in [-0.39, 0.29) is 18.1 Å². The maximum absolute atomic E-state index is 10.1. The molecule has 0 aliphatic heterocycles. The zero-order chi connectivity index (χ0) is 18.9. The number of nitrogens with one attached hydrogen (secondary N) is 1. The van der Waals surface area contributed by atoms with Gasteiger partial charge in [0.2, 0.25) is 0 Å². The Morgan fingerprint density at radius 1 is 1.20 bits per heavy atom. The van der Waals surface area contributed by atoms with E-state index in [9.17, 15) is 5.11 Å². The lowest BCUT2D eigenvalue weighted by atomic mass is 9.86. The summed E-state index contributed by atoms with van der Waals surface area (Å²) in [5.41, 5.74) is 1.00. The molecule has 25 heavy (non-hydrogen) atoms. The van der Waals surface area contributed by atoms with Crippen LogP contribution in [0.4, 0.5) is 0 Å². The van der Waals surface area contributed by atoms with Crippen molar-refractivity contribution in [2.45, 2.75) is 58.7 Å². The molecule has 2 N–H and O–H groups in total. The average Bonchev–Trinajstić information content (AvgIpc) is 2.54. The van der Waals surface area contributed by atoms with E-state index in [0.717, 1.165) is 36.6 Å². The van der Waals surface area contributed by atoms with Gasteiger partial charge in [0.05, 0.1) is 13.2 Å². The van der Waals surface area contributed by atoms with Crippen molar-refractivity contribution in [1.82, 2.24) is 5.32 Å². The molecule has 5 nitrogen and oxygen atoms in total. The minimum Gasteiger partial charge on any atom is -0.497 e. The smallest absolute Gasteiger partial charge is 0.123 e. The summed E-state index contributed by atoms with van der Waals surface area (Å²) >= 11 is 0.